The van der Waals surface area contributed by atoms with Gasteiger partial charge in [-0.25, -0.2) is 0 Å². The van der Waals surface area contributed by atoms with E-state index in [0.717, 1.165) is 0 Å². The number of methoxy groups -OCH3 is 1. The van der Waals surface area contributed by atoms with Crippen LogP contribution < -0.4 is 0 Å². The molecule has 0 radical (unpaired) electrons. The molecule has 1 saturated heterocycles. The molecule has 2 N–H and O–H groups in total. The first-order valence-electron chi connectivity index (χ1n) is 5.25. The van der Waals surface area contributed by atoms with E-state index < -0.39 is 20.8 Å². The summed E-state index contributed by atoms with van der Waals surface area (Å²) in [5.74, 6) is 0. The lowest BCUT2D eigenvalue weighted by molar-refractivity contribution is -0.0333. The van der Waals surface area contributed by atoms with Crippen molar-refractivity contribution < 1.29 is 33.3 Å². The van der Waals surface area contributed by atoms with Crippen molar-refractivity contribution in [2.75, 3.05) is 40.6 Å². The molecule has 0 bridgehead atoms. The van der Waals surface area contributed by atoms with Crippen molar-refractivity contribution in [3.63, 3.8) is 0 Å². The van der Waals surface area contributed by atoms with E-state index in [9.17, 15) is 4.89 Å². The summed E-state index contributed by atoms with van der Waals surface area (Å²) in [5.41, 5.74) is 0. The van der Waals surface area contributed by atoms with E-state index in [4.69, 9.17) is 23.8 Å². The Morgan fingerprint density at radius 1 is 1.35 bits per heavy atom. The van der Waals surface area contributed by atoms with Crippen molar-refractivity contribution in [3.05, 3.63) is 0 Å². The number of rotatable bonds is 8. The fraction of sp³-hybridized carbons (Fsp3) is 1.00. The first-order chi connectivity index (χ1) is 8.22. The van der Waals surface area contributed by atoms with Crippen LogP contribution in [0.4, 0.5) is 0 Å². The molecule has 0 aromatic rings. The summed E-state index contributed by atoms with van der Waals surface area (Å²) < 4.78 is 25.6. The summed E-state index contributed by atoms with van der Waals surface area (Å²) >= 11 is 0. The zero-order valence-corrected chi connectivity index (χ0v) is 10.8. The highest BCUT2D eigenvalue weighted by Gasteiger charge is 2.40. The Morgan fingerprint density at radius 3 is 2.71 bits per heavy atom. The van der Waals surface area contributed by atoms with E-state index in [1.54, 1.807) is 7.11 Å². The van der Waals surface area contributed by atoms with Gasteiger partial charge < -0.3 is 33.3 Å². The second kappa shape index (κ2) is 8.29. The largest absolute Gasteiger partial charge is 0.394 e. The van der Waals surface area contributed by atoms with Gasteiger partial charge in [0.1, 0.15) is 18.3 Å². The molecule has 1 heterocycles. The molecule has 1 fully saturated rings. The lowest BCUT2D eigenvalue weighted by Gasteiger charge is -2.23. The smallest absolute Gasteiger partial charge is 0.330 e. The van der Waals surface area contributed by atoms with E-state index in [-0.39, 0.29) is 12.7 Å². The van der Waals surface area contributed by atoms with Crippen LogP contribution in [0.5, 0.6) is 0 Å². The van der Waals surface area contributed by atoms with Gasteiger partial charge in [-0.2, -0.15) is 0 Å². The molecule has 7 nitrogen and oxygen atoms in total. The Bertz CT molecular complexity index is 206. The molecule has 4 atom stereocenters. The Hall–Kier alpha value is 0.150. The lowest BCUT2D eigenvalue weighted by atomic mass is 10.1. The minimum Gasteiger partial charge on any atom is -0.394 e. The van der Waals surface area contributed by atoms with Crippen LogP contribution in [-0.4, -0.2) is 69.0 Å². The van der Waals surface area contributed by atoms with Crippen LogP contribution in [0.2, 0.25) is 0 Å². The van der Waals surface area contributed by atoms with Crippen molar-refractivity contribution in [1.82, 2.24) is 0 Å². The number of aliphatic hydroxyl groups is 1. The summed E-state index contributed by atoms with van der Waals surface area (Å²) in [4.78, 5) is 9.32. The summed E-state index contributed by atoms with van der Waals surface area (Å²) in [5, 5.41) is 9.11. The van der Waals surface area contributed by atoms with Gasteiger partial charge in [0.25, 0.3) is 0 Å². The molecule has 1 aliphatic rings. The average molecular weight is 270 g/mol. The Morgan fingerprint density at radius 2 is 2.12 bits per heavy atom. The Balaban J connectivity index is 2.44. The molecular formula is C9H19O7P. The zero-order valence-electron chi connectivity index (χ0n) is 9.94. The highest BCUT2D eigenvalue weighted by molar-refractivity contribution is 7.40. The third-order valence-corrected chi connectivity index (χ3v) is 3.11. The first kappa shape index (κ1) is 15.2. The SMILES string of the molecule is COCCOC1COC(CO)C1OP(O)OC. The van der Waals surface area contributed by atoms with Crippen molar-refractivity contribution in [1.29, 1.82) is 0 Å². The van der Waals surface area contributed by atoms with E-state index in [1.165, 1.54) is 7.11 Å². The number of aliphatic hydroxyl groups excluding tert-OH is 1. The number of hydrogen-bond donors (Lipinski definition) is 2. The standard InChI is InChI=1S/C9H19O7P/c1-12-3-4-14-8-6-15-7(5-10)9(8)16-17(11)13-2/h7-11H,3-6H2,1-2H3. The summed E-state index contributed by atoms with van der Waals surface area (Å²) in [7, 11) is 0.954. The van der Waals surface area contributed by atoms with Gasteiger partial charge in [0, 0.05) is 14.2 Å². The minimum atomic E-state index is -1.97. The quantitative estimate of drug-likeness (QED) is 0.461. The molecule has 4 unspecified atom stereocenters. The molecule has 0 aromatic heterocycles. The van der Waals surface area contributed by atoms with E-state index in [1.807, 2.05) is 0 Å². The topological polar surface area (TPSA) is 86.6 Å². The van der Waals surface area contributed by atoms with Gasteiger partial charge in [-0.1, -0.05) is 0 Å². The predicted octanol–water partition coefficient (Wildman–Crippen LogP) is -0.340. The minimum absolute atomic E-state index is 0.193. The van der Waals surface area contributed by atoms with Gasteiger partial charge >= 0.3 is 8.60 Å². The monoisotopic (exact) mass is 270 g/mol. The number of ether oxygens (including phenoxy) is 3. The van der Waals surface area contributed by atoms with E-state index in [0.29, 0.717) is 19.8 Å². The Kier molecular flexibility index (Phi) is 7.41. The molecule has 102 valence electrons. The van der Waals surface area contributed by atoms with Crippen molar-refractivity contribution in [2.45, 2.75) is 18.3 Å². The van der Waals surface area contributed by atoms with Crippen molar-refractivity contribution >= 4 is 8.60 Å². The summed E-state index contributed by atoms with van der Waals surface area (Å²) in [6.07, 6.45) is -1.38. The van der Waals surface area contributed by atoms with Crippen LogP contribution in [-0.2, 0) is 23.3 Å². The lowest BCUT2D eigenvalue weighted by Crippen LogP contribution is -2.36. The maximum atomic E-state index is 9.32. The van der Waals surface area contributed by atoms with Gasteiger partial charge in [-0.3, -0.25) is 0 Å². The van der Waals surface area contributed by atoms with Crippen LogP contribution >= 0.6 is 8.60 Å². The van der Waals surface area contributed by atoms with Crippen LogP contribution in [0.1, 0.15) is 0 Å². The first-order valence-corrected chi connectivity index (χ1v) is 6.38. The van der Waals surface area contributed by atoms with Gasteiger partial charge in [-0.15, -0.1) is 0 Å². The molecule has 0 aromatic carbocycles. The third kappa shape index (κ3) is 4.73. The van der Waals surface area contributed by atoms with Crippen LogP contribution in [0.25, 0.3) is 0 Å². The van der Waals surface area contributed by atoms with Crippen LogP contribution in [0.15, 0.2) is 0 Å². The van der Waals surface area contributed by atoms with E-state index in [2.05, 4.69) is 4.52 Å². The zero-order chi connectivity index (χ0) is 12.7. The maximum Gasteiger partial charge on any atom is 0.330 e. The predicted molar refractivity (Wildman–Crippen MR) is 59.5 cm³/mol. The normalized spacial score (nSPS) is 30.7. The third-order valence-electron chi connectivity index (χ3n) is 2.37. The van der Waals surface area contributed by atoms with E-state index >= 15 is 0 Å². The Labute approximate surface area is 102 Å². The average Bonchev–Trinajstić information content (AvgIpc) is 2.72. The molecule has 0 saturated carbocycles. The molecule has 1 aliphatic heterocycles. The van der Waals surface area contributed by atoms with Crippen molar-refractivity contribution in [3.8, 4) is 0 Å². The highest BCUT2D eigenvalue weighted by Crippen LogP contribution is 2.37. The van der Waals surface area contributed by atoms with Gasteiger partial charge in [0.05, 0.1) is 26.4 Å². The van der Waals surface area contributed by atoms with Gasteiger partial charge in [0.15, 0.2) is 0 Å². The second-order valence-corrected chi connectivity index (χ2v) is 4.50. The van der Waals surface area contributed by atoms with Gasteiger partial charge in [0.2, 0.25) is 0 Å². The summed E-state index contributed by atoms with van der Waals surface area (Å²) in [6, 6.07) is 0. The molecule has 1 rings (SSSR count). The van der Waals surface area contributed by atoms with Crippen molar-refractivity contribution in [2.24, 2.45) is 0 Å². The van der Waals surface area contributed by atoms with Crippen LogP contribution in [0, 0.1) is 0 Å². The fourth-order valence-electron chi connectivity index (χ4n) is 1.51. The highest BCUT2D eigenvalue weighted by atomic mass is 31.2. The van der Waals surface area contributed by atoms with Crippen LogP contribution in [0.3, 0.4) is 0 Å². The number of hydrogen-bond acceptors (Lipinski definition) is 7. The second-order valence-electron chi connectivity index (χ2n) is 3.45. The molecule has 17 heavy (non-hydrogen) atoms. The molecule has 0 spiro atoms. The maximum absolute atomic E-state index is 9.32. The summed E-state index contributed by atoms with van der Waals surface area (Å²) in [6.45, 7) is 0.984. The molecule has 0 amide bonds. The molecule has 0 aliphatic carbocycles. The molecular weight excluding hydrogens is 251 g/mol. The fourth-order valence-corrected chi connectivity index (χ4v) is 2.08. The van der Waals surface area contributed by atoms with Gasteiger partial charge in [-0.05, 0) is 0 Å². The molecule has 8 heteroatoms.